The highest BCUT2D eigenvalue weighted by Crippen LogP contribution is 2.22. The second-order valence-electron chi connectivity index (χ2n) is 5.06. The third-order valence-electron chi connectivity index (χ3n) is 3.15. The van der Waals surface area contributed by atoms with Gasteiger partial charge in [-0.15, -0.1) is 0 Å². The molecule has 0 aliphatic heterocycles. The zero-order valence-corrected chi connectivity index (χ0v) is 11.9. The molecule has 0 bridgehead atoms. The van der Waals surface area contributed by atoms with Gasteiger partial charge < -0.3 is 15.3 Å². The Morgan fingerprint density at radius 2 is 1.90 bits per heavy atom. The summed E-state index contributed by atoms with van der Waals surface area (Å²) in [6.45, 7) is 2.49. The number of phenols is 1. The number of benzene rings is 2. The first-order chi connectivity index (χ1) is 9.45. The summed E-state index contributed by atoms with van der Waals surface area (Å²) in [6, 6.07) is 10.2. The number of anilines is 2. The van der Waals surface area contributed by atoms with E-state index in [1.165, 1.54) is 6.07 Å². The van der Waals surface area contributed by atoms with Crippen molar-refractivity contribution < 1.29 is 9.50 Å². The lowest BCUT2D eigenvalue weighted by atomic mass is 10.1. The number of hydrogen-bond acceptors (Lipinski definition) is 3. The quantitative estimate of drug-likeness (QED) is 0.895. The molecule has 2 rings (SSSR count). The van der Waals surface area contributed by atoms with Crippen molar-refractivity contribution in [2.45, 2.75) is 13.5 Å². The van der Waals surface area contributed by atoms with Gasteiger partial charge in [-0.1, -0.05) is 0 Å². The van der Waals surface area contributed by atoms with Crippen molar-refractivity contribution in [3.8, 4) is 5.75 Å². The lowest BCUT2D eigenvalue weighted by molar-refractivity contribution is 0.468. The van der Waals surface area contributed by atoms with E-state index in [-0.39, 0.29) is 5.75 Å². The van der Waals surface area contributed by atoms with Crippen molar-refractivity contribution in [3.05, 3.63) is 53.3 Å². The van der Waals surface area contributed by atoms with Gasteiger partial charge in [-0.05, 0) is 48.4 Å². The summed E-state index contributed by atoms with van der Waals surface area (Å²) < 4.78 is 13.2. The van der Waals surface area contributed by atoms with Crippen LogP contribution in [0.25, 0.3) is 0 Å². The lowest BCUT2D eigenvalue weighted by Crippen LogP contribution is -2.09. The Bertz CT molecular complexity index is 591. The first-order valence-electron chi connectivity index (χ1n) is 6.46. The Hall–Kier alpha value is -2.23. The molecule has 0 amide bonds. The molecular weight excluding hydrogens is 255 g/mol. The molecule has 0 heterocycles. The normalized spacial score (nSPS) is 10.4. The number of rotatable bonds is 4. The number of nitrogens with one attached hydrogen (secondary N) is 1. The molecule has 0 atom stereocenters. The van der Waals surface area contributed by atoms with Crippen LogP contribution in [0, 0.1) is 12.7 Å². The van der Waals surface area contributed by atoms with Crippen LogP contribution in [0.2, 0.25) is 0 Å². The van der Waals surface area contributed by atoms with Crippen LogP contribution >= 0.6 is 0 Å². The summed E-state index contributed by atoms with van der Waals surface area (Å²) in [5.41, 5.74) is 3.96. The van der Waals surface area contributed by atoms with Gasteiger partial charge in [0.05, 0.1) is 0 Å². The molecule has 0 saturated heterocycles. The van der Waals surface area contributed by atoms with Gasteiger partial charge in [0.2, 0.25) is 0 Å². The predicted octanol–water partition coefficient (Wildman–Crippen LogP) is 3.52. The summed E-state index contributed by atoms with van der Waals surface area (Å²) in [5.74, 6) is -0.483. The molecule has 0 radical (unpaired) electrons. The fraction of sp³-hybridized carbons (Fsp3) is 0.250. The fourth-order valence-corrected chi connectivity index (χ4v) is 2.06. The molecule has 106 valence electrons. The molecule has 0 fully saturated rings. The summed E-state index contributed by atoms with van der Waals surface area (Å²) >= 11 is 0. The predicted molar refractivity (Wildman–Crippen MR) is 80.9 cm³/mol. The maximum Gasteiger partial charge on any atom is 0.127 e. The minimum atomic E-state index is -0.429. The second kappa shape index (κ2) is 5.82. The maximum absolute atomic E-state index is 13.2. The molecule has 0 saturated carbocycles. The van der Waals surface area contributed by atoms with Crippen LogP contribution in [0.5, 0.6) is 5.75 Å². The summed E-state index contributed by atoms with van der Waals surface area (Å²) in [7, 11) is 3.99. The van der Waals surface area contributed by atoms with Gasteiger partial charge in [0, 0.05) is 38.1 Å². The first-order valence-corrected chi connectivity index (χ1v) is 6.46. The van der Waals surface area contributed by atoms with Crippen molar-refractivity contribution >= 4 is 11.4 Å². The molecule has 2 N–H and O–H groups in total. The molecule has 2 aromatic rings. The van der Waals surface area contributed by atoms with E-state index in [4.69, 9.17) is 0 Å². The molecule has 0 spiro atoms. The van der Waals surface area contributed by atoms with E-state index in [0.717, 1.165) is 23.0 Å². The van der Waals surface area contributed by atoms with E-state index in [1.54, 1.807) is 6.07 Å². The van der Waals surface area contributed by atoms with E-state index in [1.807, 2.05) is 38.1 Å². The van der Waals surface area contributed by atoms with E-state index in [0.29, 0.717) is 12.1 Å². The van der Waals surface area contributed by atoms with Crippen LogP contribution in [0.4, 0.5) is 15.8 Å². The Kier molecular flexibility index (Phi) is 4.13. The Morgan fingerprint density at radius 1 is 1.15 bits per heavy atom. The molecule has 0 aromatic heterocycles. The third kappa shape index (κ3) is 3.41. The highest BCUT2D eigenvalue weighted by Gasteiger charge is 2.03. The summed E-state index contributed by atoms with van der Waals surface area (Å²) in [5, 5.41) is 12.6. The molecule has 20 heavy (non-hydrogen) atoms. The monoisotopic (exact) mass is 274 g/mol. The van der Waals surface area contributed by atoms with Gasteiger partial charge >= 0.3 is 0 Å². The molecule has 2 aromatic carbocycles. The average Bonchev–Trinajstić information content (AvgIpc) is 2.36. The number of halogens is 1. The lowest BCUT2D eigenvalue weighted by Gasteiger charge is -2.16. The number of phenolic OH excluding ortho intramolecular Hbond substituents is 1. The summed E-state index contributed by atoms with van der Waals surface area (Å²) in [4.78, 5) is 2.04. The van der Waals surface area contributed by atoms with E-state index < -0.39 is 5.82 Å². The van der Waals surface area contributed by atoms with E-state index >= 15 is 0 Å². The SMILES string of the molecule is Cc1cc(N(C)C)ccc1NCc1cc(O)cc(F)c1. The average molecular weight is 274 g/mol. The van der Waals surface area contributed by atoms with Gasteiger partial charge in [0.1, 0.15) is 11.6 Å². The number of nitrogens with zero attached hydrogens (tertiary/aromatic N) is 1. The number of hydrogen-bond donors (Lipinski definition) is 2. The van der Waals surface area contributed by atoms with Crippen LogP contribution in [-0.4, -0.2) is 19.2 Å². The maximum atomic E-state index is 13.2. The molecule has 0 aliphatic carbocycles. The number of aromatic hydroxyl groups is 1. The highest BCUT2D eigenvalue weighted by molar-refractivity contribution is 5.59. The van der Waals surface area contributed by atoms with Crippen LogP contribution in [0.3, 0.4) is 0 Å². The molecule has 0 aliphatic rings. The Balaban J connectivity index is 2.11. The smallest absolute Gasteiger partial charge is 0.127 e. The van der Waals surface area contributed by atoms with Crippen molar-refractivity contribution in [2.24, 2.45) is 0 Å². The Labute approximate surface area is 118 Å². The van der Waals surface area contributed by atoms with Crippen LogP contribution in [0.1, 0.15) is 11.1 Å². The molecule has 3 nitrogen and oxygen atoms in total. The zero-order chi connectivity index (χ0) is 14.7. The second-order valence-corrected chi connectivity index (χ2v) is 5.06. The molecular formula is C16H19FN2O. The van der Waals surface area contributed by atoms with Crippen LogP contribution in [0.15, 0.2) is 36.4 Å². The Morgan fingerprint density at radius 3 is 2.50 bits per heavy atom. The largest absolute Gasteiger partial charge is 0.508 e. The van der Waals surface area contributed by atoms with Crippen molar-refractivity contribution in [1.82, 2.24) is 0 Å². The van der Waals surface area contributed by atoms with Gasteiger partial charge in [0.15, 0.2) is 0 Å². The van der Waals surface area contributed by atoms with Crippen LogP contribution < -0.4 is 10.2 Å². The van der Waals surface area contributed by atoms with Gasteiger partial charge in [-0.3, -0.25) is 0 Å². The van der Waals surface area contributed by atoms with Crippen molar-refractivity contribution in [3.63, 3.8) is 0 Å². The summed E-state index contributed by atoms with van der Waals surface area (Å²) in [6.07, 6.45) is 0. The van der Waals surface area contributed by atoms with E-state index in [9.17, 15) is 9.50 Å². The number of aryl methyl sites for hydroxylation is 1. The standard InChI is InChI=1S/C16H19FN2O/c1-11-6-14(19(2)3)4-5-16(11)18-10-12-7-13(17)9-15(20)8-12/h4-9,18,20H,10H2,1-3H3. The van der Waals surface area contributed by atoms with Crippen molar-refractivity contribution in [2.75, 3.05) is 24.3 Å². The van der Waals surface area contributed by atoms with Gasteiger partial charge in [-0.2, -0.15) is 0 Å². The third-order valence-corrected chi connectivity index (χ3v) is 3.15. The molecule has 4 heteroatoms. The highest BCUT2D eigenvalue weighted by atomic mass is 19.1. The van der Waals surface area contributed by atoms with E-state index in [2.05, 4.69) is 11.4 Å². The van der Waals surface area contributed by atoms with Gasteiger partial charge in [-0.25, -0.2) is 4.39 Å². The van der Waals surface area contributed by atoms with Crippen molar-refractivity contribution in [1.29, 1.82) is 0 Å². The minimum absolute atomic E-state index is 0.0542. The van der Waals surface area contributed by atoms with Crippen LogP contribution in [-0.2, 0) is 6.54 Å². The first kappa shape index (κ1) is 14.2. The fourth-order valence-electron chi connectivity index (χ4n) is 2.06. The molecule has 0 unspecified atom stereocenters. The zero-order valence-electron chi connectivity index (χ0n) is 11.9. The topological polar surface area (TPSA) is 35.5 Å². The van der Waals surface area contributed by atoms with Gasteiger partial charge in [0.25, 0.3) is 0 Å². The minimum Gasteiger partial charge on any atom is -0.508 e.